The fourth-order valence-corrected chi connectivity index (χ4v) is 1.61. The largest absolute Gasteiger partial charge is 0.325 e. The molecular weight excluding hydrogens is 134 g/mol. The van der Waals surface area contributed by atoms with E-state index in [1.54, 1.807) is 0 Å². The number of rotatable bonds is 2. The van der Waals surface area contributed by atoms with E-state index < -0.39 is 0 Å². The van der Waals surface area contributed by atoms with Gasteiger partial charge < -0.3 is 5.73 Å². The summed E-state index contributed by atoms with van der Waals surface area (Å²) in [7, 11) is 0. The van der Waals surface area contributed by atoms with Crippen molar-refractivity contribution >= 4 is 0 Å². The minimum absolute atomic E-state index is 0.0525. The van der Waals surface area contributed by atoms with Gasteiger partial charge in [-0.25, -0.2) is 0 Å². The van der Waals surface area contributed by atoms with Gasteiger partial charge in [0.15, 0.2) is 0 Å². The van der Waals surface area contributed by atoms with Crippen LogP contribution in [0.4, 0.5) is 0 Å². The molecule has 0 aromatic rings. The average molecular weight is 151 g/mol. The number of allylic oxidation sites excluding steroid dienone is 1. The molecule has 0 radical (unpaired) electrons. The normalized spacial score (nSPS) is 41.8. The van der Waals surface area contributed by atoms with Crippen LogP contribution in [0.15, 0.2) is 24.3 Å². The molecule has 0 amide bonds. The predicted octanol–water partition coefficient (Wildman–Crippen LogP) is 2.25. The van der Waals surface area contributed by atoms with Crippen molar-refractivity contribution in [1.29, 1.82) is 0 Å². The Morgan fingerprint density at radius 3 is 1.82 bits per heavy atom. The van der Waals surface area contributed by atoms with E-state index in [9.17, 15) is 0 Å². The molecule has 62 valence electrons. The van der Waals surface area contributed by atoms with E-state index >= 15 is 0 Å². The van der Waals surface area contributed by atoms with E-state index in [1.165, 1.54) is 0 Å². The minimum Gasteiger partial charge on any atom is -0.325 e. The van der Waals surface area contributed by atoms with Crippen LogP contribution in [0.2, 0.25) is 0 Å². The highest BCUT2D eigenvalue weighted by molar-refractivity contribution is 5.41. The molecule has 2 atom stereocenters. The second kappa shape index (κ2) is 1.98. The molecule has 11 heavy (non-hydrogen) atoms. The smallest absolute Gasteiger partial charge is 0.0230 e. The molecule has 0 saturated heterocycles. The van der Waals surface area contributed by atoms with Gasteiger partial charge in [-0.1, -0.05) is 25.7 Å². The highest BCUT2D eigenvalue weighted by Gasteiger charge is 2.59. The molecule has 2 N–H and O–H groups in total. The zero-order valence-corrected chi connectivity index (χ0v) is 7.70. The summed E-state index contributed by atoms with van der Waals surface area (Å²) < 4.78 is 0. The first-order valence-corrected chi connectivity index (χ1v) is 3.95. The zero-order valence-electron chi connectivity index (χ0n) is 7.70. The van der Waals surface area contributed by atoms with Gasteiger partial charge in [-0.3, -0.25) is 0 Å². The van der Waals surface area contributed by atoms with Crippen molar-refractivity contribution in [2.45, 2.75) is 32.7 Å². The molecular formula is C10H17N. The summed E-state index contributed by atoms with van der Waals surface area (Å²) in [5.41, 5.74) is 8.21. The molecule has 0 spiro atoms. The molecule has 1 heteroatoms. The summed E-state index contributed by atoms with van der Waals surface area (Å²) in [4.78, 5) is 0. The van der Waals surface area contributed by atoms with Crippen LogP contribution in [-0.4, -0.2) is 5.54 Å². The van der Waals surface area contributed by atoms with Crippen LogP contribution in [0.25, 0.3) is 0 Å². The Hall–Kier alpha value is -0.560. The number of hydrogen-bond donors (Lipinski definition) is 1. The third-order valence-electron chi connectivity index (χ3n) is 3.04. The third-order valence-corrected chi connectivity index (χ3v) is 3.04. The lowest BCUT2D eigenvalue weighted by Crippen LogP contribution is -2.26. The van der Waals surface area contributed by atoms with Crippen LogP contribution < -0.4 is 5.73 Å². The summed E-state index contributed by atoms with van der Waals surface area (Å²) in [5, 5.41) is 0. The maximum absolute atomic E-state index is 5.98. The number of nitrogens with two attached hydrogens (primary N) is 1. The first-order chi connectivity index (χ1) is 4.81. The van der Waals surface area contributed by atoms with Crippen molar-refractivity contribution in [2.24, 2.45) is 11.1 Å². The Bertz CT molecular complexity index is 225. The van der Waals surface area contributed by atoms with Gasteiger partial charge >= 0.3 is 0 Å². The van der Waals surface area contributed by atoms with Crippen molar-refractivity contribution in [1.82, 2.24) is 0 Å². The molecule has 0 aliphatic heterocycles. The Kier molecular flexibility index (Phi) is 1.53. The minimum atomic E-state index is -0.0525. The van der Waals surface area contributed by atoms with Crippen LogP contribution >= 0.6 is 0 Å². The Morgan fingerprint density at radius 1 is 1.36 bits per heavy atom. The van der Waals surface area contributed by atoms with Gasteiger partial charge in [-0.15, -0.1) is 0 Å². The van der Waals surface area contributed by atoms with E-state index in [2.05, 4.69) is 27.0 Å². The SMILES string of the molecule is C=C(C)C(=C)C1(C)CC1(C)N. The van der Waals surface area contributed by atoms with Crippen molar-refractivity contribution in [3.63, 3.8) is 0 Å². The Balaban J connectivity index is 2.80. The van der Waals surface area contributed by atoms with E-state index in [1.807, 2.05) is 6.92 Å². The van der Waals surface area contributed by atoms with Gasteiger partial charge in [0.05, 0.1) is 0 Å². The second-order valence-electron chi connectivity index (χ2n) is 4.19. The topological polar surface area (TPSA) is 26.0 Å². The predicted molar refractivity (Wildman–Crippen MR) is 49.3 cm³/mol. The van der Waals surface area contributed by atoms with Gasteiger partial charge in [0.25, 0.3) is 0 Å². The lowest BCUT2D eigenvalue weighted by atomic mass is 9.90. The van der Waals surface area contributed by atoms with Crippen molar-refractivity contribution in [3.8, 4) is 0 Å². The van der Waals surface area contributed by atoms with Gasteiger partial charge in [0.1, 0.15) is 0 Å². The second-order valence-corrected chi connectivity index (χ2v) is 4.19. The summed E-state index contributed by atoms with van der Waals surface area (Å²) in [6.45, 7) is 14.1. The Morgan fingerprint density at radius 2 is 1.73 bits per heavy atom. The first kappa shape index (κ1) is 8.54. The van der Waals surface area contributed by atoms with Crippen LogP contribution in [0, 0.1) is 5.41 Å². The van der Waals surface area contributed by atoms with Crippen LogP contribution in [0.1, 0.15) is 27.2 Å². The highest BCUT2D eigenvalue weighted by atomic mass is 14.9. The lowest BCUT2D eigenvalue weighted by molar-refractivity contribution is 0.558. The Labute approximate surface area is 69.0 Å². The molecule has 0 aromatic carbocycles. The monoisotopic (exact) mass is 151 g/mol. The molecule has 2 unspecified atom stereocenters. The highest BCUT2D eigenvalue weighted by Crippen LogP contribution is 2.59. The fraction of sp³-hybridized carbons (Fsp3) is 0.600. The van der Waals surface area contributed by atoms with Gasteiger partial charge in [0, 0.05) is 11.0 Å². The molecule has 1 aliphatic carbocycles. The molecule has 0 aromatic heterocycles. The van der Waals surface area contributed by atoms with E-state index in [-0.39, 0.29) is 11.0 Å². The van der Waals surface area contributed by atoms with Crippen molar-refractivity contribution in [2.75, 3.05) is 0 Å². The van der Waals surface area contributed by atoms with Gasteiger partial charge in [0.2, 0.25) is 0 Å². The average Bonchev–Trinajstić information content (AvgIpc) is 2.32. The lowest BCUT2D eigenvalue weighted by Gasteiger charge is -2.17. The molecule has 1 nitrogen and oxygen atoms in total. The van der Waals surface area contributed by atoms with E-state index in [0.717, 1.165) is 17.6 Å². The molecule has 0 heterocycles. The van der Waals surface area contributed by atoms with Crippen LogP contribution in [0.5, 0.6) is 0 Å². The summed E-state index contributed by atoms with van der Waals surface area (Å²) in [6, 6.07) is 0. The molecule has 1 fully saturated rings. The number of hydrogen-bond acceptors (Lipinski definition) is 1. The van der Waals surface area contributed by atoms with E-state index in [4.69, 9.17) is 5.73 Å². The first-order valence-electron chi connectivity index (χ1n) is 3.95. The zero-order chi connectivity index (χ0) is 8.86. The van der Waals surface area contributed by atoms with Gasteiger partial charge in [-0.2, -0.15) is 0 Å². The molecule has 1 aliphatic rings. The third kappa shape index (κ3) is 1.04. The van der Waals surface area contributed by atoms with Gasteiger partial charge in [-0.05, 0) is 25.8 Å². The van der Waals surface area contributed by atoms with E-state index in [0.29, 0.717) is 0 Å². The molecule has 0 bridgehead atoms. The quantitative estimate of drug-likeness (QED) is 0.602. The summed E-state index contributed by atoms with van der Waals surface area (Å²) >= 11 is 0. The maximum atomic E-state index is 5.98. The van der Waals surface area contributed by atoms with Crippen molar-refractivity contribution < 1.29 is 0 Å². The van der Waals surface area contributed by atoms with Crippen molar-refractivity contribution in [3.05, 3.63) is 24.3 Å². The maximum Gasteiger partial charge on any atom is 0.0230 e. The fourth-order valence-electron chi connectivity index (χ4n) is 1.61. The van der Waals surface area contributed by atoms with Crippen LogP contribution in [-0.2, 0) is 0 Å². The molecule has 1 saturated carbocycles. The summed E-state index contributed by atoms with van der Waals surface area (Å²) in [6.07, 6.45) is 1.03. The van der Waals surface area contributed by atoms with Crippen LogP contribution in [0.3, 0.4) is 0 Å². The summed E-state index contributed by atoms with van der Waals surface area (Å²) in [5.74, 6) is 0. The molecule has 1 rings (SSSR count). The standard InChI is InChI=1S/C10H17N/c1-7(2)8(3)9(4)6-10(9,5)11/h1,3,6,11H2,2,4-5H3.